The highest BCUT2D eigenvalue weighted by atomic mass is 31.2. The fourth-order valence-corrected chi connectivity index (χ4v) is 4.26. The Kier molecular flexibility index (Phi) is 7.22. The molecule has 2 nitrogen and oxygen atoms in total. The summed E-state index contributed by atoms with van der Waals surface area (Å²) in [7, 11) is -2.41. The summed E-state index contributed by atoms with van der Waals surface area (Å²) in [5.74, 6) is -0.791. The minimum absolute atomic E-state index is 0.663. The first-order valence-corrected chi connectivity index (χ1v) is 7.63. The molecule has 1 N–H and O–H groups in total. The van der Waals surface area contributed by atoms with Gasteiger partial charge in [0, 0.05) is 12.3 Å². The van der Waals surface area contributed by atoms with Gasteiger partial charge in [-0.15, -0.1) is 6.58 Å². The number of aliphatic hydroxyl groups excluding tert-OH is 1. The standard InChI is InChI=1S/C11H23O2P/c1-4-7-9-14(13,10-8-5-2)11(12)6-3/h6,11-12H,3-5,7-10H2,1-2H3. The van der Waals surface area contributed by atoms with Crippen molar-refractivity contribution in [2.45, 2.75) is 45.4 Å². The first kappa shape index (κ1) is 13.9. The smallest absolute Gasteiger partial charge is 0.125 e. The predicted molar refractivity (Wildman–Crippen MR) is 63.4 cm³/mol. The van der Waals surface area contributed by atoms with Crippen molar-refractivity contribution in [3.05, 3.63) is 12.7 Å². The molecule has 0 spiro atoms. The molecule has 0 aromatic carbocycles. The second-order valence-corrected chi connectivity index (χ2v) is 7.08. The Hall–Kier alpha value is -0.0700. The third-order valence-corrected chi connectivity index (χ3v) is 5.79. The van der Waals surface area contributed by atoms with Crippen LogP contribution in [0.1, 0.15) is 39.5 Å². The van der Waals surface area contributed by atoms with E-state index >= 15 is 0 Å². The van der Waals surface area contributed by atoms with Crippen molar-refractivity contribution in [2.75, 3.05) is 12.3 Å². The molecule has 3 heteroatoms. The lowest BCUT2D eigenvalue weighted by atomic mass is 10.4. The zero-order chi connectivity index (χ0) is 11.0. The van der Waals surface area contributed by atoms with Gasteiger partial charge in [0.2, 0.25) is 0 Å². The number of unbranched alkanes of at least 4 members (excludes halogenated alkanes) is 2. The van der Waals surface area contributed by atoms with Gasteiger partial charge in [-0.05, 0) is 12.8 Å². The molecule has 0 bridgehead atoms. The van der Waals surface area contributed by atoms with Gasteiger partial charge in [0.25, 0.3) is 0 Å². The molecule has 0 aliphatic heterocycles. The monoisotopic (exact) mass is 218 g/mol. The molecular weight excluding hydrogens is 195 g/mol. The summed E-state index contributed by atoms with van der Waals surface area (Å²) in [5.41, 5.74) is 0. The Morgan fingerprint density at radius 3 is 2.00 bits per heavy atom. The summed E-state index contributed by atoms with van der Waals surface area (Å²) in [5, 5.41) is 9.65. The van der Waals surface area contributed by atoms with Crippen LogP contribution in [0.4, 0.5) is 0 Å². The number of aliphatic hydroxyl groups is 1. The van der Waals surface area contributed by atoms with Gasteiger partial charge < -0.3 is 9.67 Å². The topological polar surface area (TPSA) is 37.3 Å². The van der Waals surface area contributed by atoms with Crippen LogP contribution in [0.5, 0.6) is 0 Å². The van der Waals surface area contributed by atoms with Crippen LogP contribution in [0.15, 0.2) is 12.7 Å². The average molecular weight is 218 g/mol. The molecular formula is C11H23O2P. The van der Waals surface area contributed by atoms with E-state index in [9.17, 15) is 9.67 Å². The summed E-state index contributed by atoms with van der Waals surface area (Å²) < 4.78 is 12.3. The highest BCUT2D eigenvalue weighted by molar-refractivity contribution is 7.64. The molecule has 0 rings (SSSR count). The lowest BCUT2D eigenvalue weighted by molar-refractivity contribution is 0.292. The van der Waals surface area contributed by atoms with Crippen molar-refractivity contribution in [1.82, 2.24) is 0 Å². The molecule has 0 amide bonds. The second kappa shape index (κ2) is 7.25. The van der Waals surface area contributed by atoms with E-state index in [-0.39, 0.29) is 0 Å². The van der Waals surface area contributed by atoms with Gasteiger partial charge in [-0.3, -0.25) is 0 Å². The average Bonchev–Trinajstić information content (AvgIpc) is 2.22. The highest BCUT2D eigenvalue weighted by Crippen LogP contribution is 2.51. The molecule has 0 radical (unpaired) electrons. The molecule has 14 heavy (non-hydrogen) atoms. The number of rotatable bonds is 8. The van der Waals surface area contributed by atoms with Crippen LogP contribution in [0.2, 0.25) is 0 Å². The summed E-state index contributed by atoms with van der Waals surface area (Å²) in [4.78, 5) is 0. The number of hydrogen-bond acceptors (Lipinski definition) is 2. The van der Waals surface area contributed by atoms with Crippen molar-refractivity contribution in [2.24, 2.45) is 0 Å². The summed E-state index contributed by atoms with van der Waals surface area (Å²) in [6.07, 6.45) is 6.68. The van der Waals surface area contributed by atoms with Crippen molar-refractivity contribution >= 4 is 7.14 Å². The summed E-state index contributed by atoms with van der Waals surface area (Å²) >= 11 is 0. The third kappa shape index (κ3) is 4.43. The lowest BCUT2D eigenvalue weighted by Crippen LogP contribution is -2.10. The fourth-order valence-electron chi connectivity index (χ4n) is 1.42. The Bertz CT molecular complexity index is 189. The van der Waals surface area contributed by atoms with Gasteiger partial charge in [-0.1, -0.05) is 32.8 Å². The quantitative estimate of drug-likeness (QED) is 0.500. The molecule has 0 fully saturated rings. The minimum atomic E-state index is -2.41. The fraction of sp³-hybridized carbons (Fsp3) is 0.818. The molecule has 0 aromatic heterocycles. The van der Waals surface area contributed by atoms with E-state index < -0.39 is 13.0 Å². The molecule has 0 aromatic rings. The molecule has 1 unspecified atom stereocenters. The van der Waals surface area contributed by atoms with E-state index in [1.807, 2.05) is 0 Å². The Morgan fingerprint density at radius 2 is 1.71 bits per heavy atom. The van der Waals surface area contributed by atoms with E-state index in [1.165, 1.54) is 6.08 Å². The van der Waals surface area contributed by atoms with Gasteiger partial charge >= 0.3 is 0 Å². The third-order valence-electron chi connectivity index (χ3n) is 2.47. The van der Waals surface area contributed by atoms with E-state index in [0.717, 1.165) is 25.7 Å². The second-order valence-electron chi connectivity index (χ2n) is 3.76. The van der Waals surface area contributed by atoms with Gasteiger partial charge in [0.1, 0.15) is 13.0 Å². The highest BCUT2D eigenvalue weighted by Gasteiger charge is 2.27. The maximum absolute atomic E-state index is 12.3. The zero-order valence-corrected chi connectivity index (χ0v) is 10.3. The predicted octanol–water partition coefficient (Wildman–Crippen LogP) is 3.45. The van der Waals surface area contributed by atoms with Crippen LogP contribution < -0.4 is 0 Å². The van der Waals surface area contributed by atoms with Crippen LogP contribution in [0, 0.1) is 0 Å². The molecule has 0 heterocycles. The molecule has 0 saturated carbocycles. The van der Waals surface area contributed by atoms with Crippen molar-refractivity contribution < 1.29 is 9.67 Å². The van der Waals surface area contributed by atoms with Gasteiger partial charge in [0.05, 0.1) is 0 Å². The molecule has 0 aliphatic carbocycles. The normalized spacial score (nSPS) is 13.9. The zero-order valence-electron chi connectivity index (χ0n) is 9.41. The van der Waals surface area contributed by atoms with E-state index in [4.69, 9.17) is 0 Å². The Balaban J connectivity index is 4.32. The largest absolute Gasteiger partial charge is 0.381 e. The van der Waals surface area contributed by atoms with Crippen LogP contribution in [-0.4, -0.2) is 23.3 Å². The maximum Gasteiger partial charge on any atom is 0.125 e. The van der Waals surface area contributed by atoms with Crippen molar-refractivity contribution in [1.29, 1.82) is 0 Å². The van der Waals surface area contributed by atoms with Crippen LogP contribution >= 0.6 is 7.14 Å². The van der Waals surface area contributed by atoms with Crippen molar-refractivity contribution in [3.8, 4) is 0 Å². The van der Waals surface area contributed by atoms with Gasteiger partial charge in [0.15, 0.2) is 0 Å². The van der Waals surface area contributed by atoms with E-state index in [1.54, 1.807) is 0 Å². The first-order chi connectivity index (χ1) is 6.60. The first-order valence-electron chi connectivity index (χ1n) is 5.49. The van der Waals surface area contributed by atoms with Gasteiger partial charge in [-0.25, -0.2) is 0 Å². The van der Waals surface area contributed by atoms with Crippen LogP contribution in [0.3, 0.4) is 0 Å². The van der Waals surface area contributed by atoms with Crippen LogP contribution in [-0.2, 0) is 4.57 Å². The molecule has 1 atom stereocenters. The summed E-state index contributed by atoms with van der Waals surface area (Å²) in [6.45, 7) is 7.67. The molecule has 0 aliphatic rings. The van der Waals surface area contributed by atoms with E-state index in [0.29, 0.717) is 12.3 Å². The molecule has 0 saturated heterocycles. The molecule has 84 valence electrons. The number of hydrogen-bond donors (Lipinski definition) is 1. The summed E-state index contributed by atoms with van der Waals surface area (Å²) in [6, 6.07) is 0. The Morgan fingerprint density at radius 1 is 1.29 bits per heavy atom. The van der Waals surface area contributed by atoms with Gasteiger partial charge in [-0.2, -0.15) is 0 Å². The SMILES string of the molecule is C=CC(O)P(=O)(CCCC)CCCC. The van der Waals surface area contributed by atoms with Crippen molar-refractivity contribution in [3.63, 3.8) is 0 Å². The maximum atomic E-state index is 12.3. The lowest BCUT2D eigenvalue weighted by Gasteiger charge is -2.21. The van der Waals surface area contributed by atoms with Crippen LogP contribution in [0.25, 0.3) is 0 Å². The van der Waals surface area contributed by atoms with E-state index in [2.05, 4.69) is 20.4 Å². The minimum Gasteiger partial charge on any atom is -0.381 e. The Labute approximate surface area is 87.8 Å².